The highest BCUT2D eigenvalue weighted by molar-refractivity contribution is 5.92. The van der Waals surface area contributed by atoms with Gasteiger partial charge in [0.1, 0.15) is 5.69 Å². The zero-order valence-corrected chi connectivity index (χ0v) is 13.9. The maximum atomic E-state index is 12.5. The van der Waals surface area contributed by atoms with Crippen molar-refractivity contribution in [1.29, 1.82) is 0 Å². The van der Waals surface area contributed by atoms with Gasteiger partial charge in [-0.15, -0.1) is 0 Å². The Bertz CT molecular complexity index is 530. The first-order valence-corrected chi connectivity index (χ1v) is 8.19. The molecule has 5 heteroatoms. The van der Waals surface area contributed by atoms with Crippen LogP contribution in [0.25, 0.3) is 0 Å². The van der Waals surface area contributed by atoms with Crippen molar-refractivity contribution < 1.29 is 9.53 Å². The Hall–Kier alpha value is -1.33. The molecule has 0 aromatic carbocycles. The molecule has 122 valence electrons. The van der Waals surface area contributed by atoms with Gasteiger partial charge >= 0.3 is 0 Å². The zero-order valence-electron chi connectivity index (χ0n) is 13.9. The van der Waals surface area contributed by atoms with Gasteiger partial charge in [0.05, 0.1) is 12.7 Å². The van der Waals surface area contributed by atoms with Gasteiger partial charge in [0.2, 0.25) is 0 Å². The smallest absolute Gasteiger partial charge is 0.270 e. The molecule has 1 unspecified atom stereocenters. The molecule has 2 aliphatic heterocycles. The summed E-state index contributed by atoms with van der Waals surface area (Å²) in [6.45, 7) is 9.89. The number of carbonyl (C=O) groups is 1. The average Bonchev–Trinajstić information content (AvgIpc) is 3.04. The highest BCUT2D eigenvalue weighted by Crippen LogP contribution is 2.31. The molecule has 1 aromatic rings. The van der Waals surface area contributed by atoms with Gasteiger partial charge in [0, 0.05) is 46.0 Å². The van der Waals surface area contributed by atoms with Crippen LogP contribution in [0.3, 0.4) is 0 Å². The van der Waals surface area contributed by atoms with E-state index >= 15 is 0 Å². The number of ether oxygens (including phenoxy) is 1. The number of carbonyl (C=O) groups excluding carboxylic acids is 1. The first-order chi connectivity index (χ1) is 10.4. The van der Waals surface area contributed by atoms with Gasteiger partial charge in [-0.1, -0.05) is 13.8 Å². The fourth-order valence-electron chi connectivity index (χ4n) is 3.46. The highest BCUT2D eigenvalue weighted by Gasteiger charge is 2.33. The van der Waals surface area contributed by atoms with Crippen LogP contribution in [0.1, 0.15) is 30.8 Å². The first kappa shape index (κ1) is 15.6. The molecular weight excluding hydrogens is 278 g/mol. The monoisotopic (exact) mass is 305 g/mol. The van der Waals surface area contributed by atoms with Gasteiger partial charge < -0.3 is 14.2 Å². The summed E-state index contributed by atoms with van der Waals surface area (Å²) < 4.78 is 7.79. The van der Waals surface area contributed by atoms with Crippen molar-refractivity contribution in [3.63, 3.8) is 0 Å². The first-order valence-electron chi connectivity index (χ1n) is 8.19. The molecule has 22 heavy (non-hydrogen) atoms. The van der Waals surface area contributed by atoms with Gasteiger partial charge in [-0.2, -0.15) is 0 Å². The third-order valence-corrected chi connectivity index (χ3v) is 4.77. The van der Waals surface area contributed by atoms with Gasteiger partial charge in [-0.05, 0) is 24.0 Å². The fraction of sp³-hybridized carbons (Fsp3) is 0.706. The van der Waals surface area contributed by atoms with Crippen molar-refractivity contribution in [3.8, 4) is 0 Å². The van der Waals surface area contributed by atoms with Gasteiger partial charge in [0.25, 0.3) is 5.91 Å². The molecule has 2 aliphatic rings. The second-order valence-electron chi connectivity index (χ2n) is 7.40. The van der Waals surface area contributed by atoms with Crippen molar-refractivity contribution in [2.75, 3.05) is 39.3 Å². The lowest BCUT2D eigenvalue weighted by Gasteiger charge is -2.35. The minimum atomic E-state index is 0.144. The van der Waals surface area contributed by atoms with E-state index in [1.165, 1.54) is 0 Å². The molecule has 1 atom stereocenters. The molecule has 3 heterocycles. The van der Waals surface area contributed by atoms with Gasteiger partial charge in [-0.3, -0.25) is 9.69 Å². The SMILES string of the molecule is Cn1cccc1C(=O)N1CCN(CC2CC(C)(C)CO2)CC1. The van der Waals surface area contributed by atoms with E-state index in [0.29, 0.717) is 11.5 Å². The van der Waals surface area contributed by atoms with Crippen LogP contribution in [-0.4, -0.2) is 65.7 Å². The average molecular weight is 305 g/mol. The molecular formula is C17H27N3O2. The van der Waals surface area contributed by atoms with Crippen LogP contribution in [-0.2, 0) is 11.8 Å². The van der Waals surface area contributed by atoms with Crippen molar-refractivity contribution in [2.24, 2.45) is 12.5 Å². The van der Waals surface area contributed by atoms with E-state index < -0.39 is 0 Å². The molecule has 0 bridgehead atoms. The Labute approximate surface area is 132 Å². The van der Waals surface area contributed by atoms with Crippen molar-refractivity contribution >= 4 is 5.91 Å². The van der Waals surface area contributed by atoms with E-state index in [4.69, 9.17) is 4.74 Å². The normalized spacial score (nSPS) is 25.6. The van der Waals surface area contributed by atoms with E-state index in [0.717, 1.165) is 51.4 Å². The van der Waals surface area contributed by atoms with Crippen LogP contribution in [0.5, 0.6) is 0 Å². The minimum absolute atomic E-state index is 0.144. The molecule has 0 spiro atoms. The number of hydrogen-bond acceptors (Lipinski definition) is 3. The third kappa shape index (κ3) is 3.36. The minimum Gasteiger partial charge on any atom is -0.376 e. The number of piperazine rings is 1. The summed E-state index contributed by atoms with van der Waals surface area (Å²) in [6.07, 6.45) is 3.41. The topological polar surface area (TPSA) is 37.7 Å². The lowest BCUT2D eigenvalue weighted by atomic mass is 9.90. The molecule has 2 saturated heterocycles. The third-order valence-electron chi connectivity index (χ3n) is 4.77. The summed E-state index contributed by atoms with van der Waals surface area (Å²) in [5.41, 5.74) is 1.09. The molecule has 0 N–H and O–H groups in total. The predicted octanol–water partition coefficient (Wildman–Crippen LogP) is 1.60. The largest absolute Gasteiger partial charge is 0.376 e. The van der Waals surface area contributed by atoms with Crippen LogP contribution in [0.2, 0.25) is 0 Å². The van der Waals surface area contributed by atoms with E-state index in [1.807, 2.05) is 34.8 Å². The molecule has 0 radical (unpaired) electrons. The van der Waals surface area contributed by atoms with Crippen molar-refractivity contribution in [3.05, 3.63) is 24.0 Å². The Morgan fingerprint density at radius 3 is 2.59 bits per heavy atom. The second-order valence-corrected chi connectivity index (χ2v) is 7.40. The number of hydrogen-bond donors (Lipinski definition) is 0. The summed E-state index contributed by atoms with van der Waals surface area (Å²) in [5, 5.41) is 0. The molecule has 1 aromatic heterocycles. The summed E-state index contributed by atoms with van der Waals surface area (Å²) in [6, 6.07) is 3.81. The number of aryl methyl sites for hydroxylation is 1. The summed E-state index contributed by atoms with van der Waals surface area (Å²) in [7, 11) is 1.92. The van der Waals surface area contributed by atoms with Gasteiger partial charge in [0.15, 0.2) is 0 Å². The Morgan fingerprint density at radius 1 is 1.32 bits per heavy atom. The maximum Gasteiger partial charge on any atom is 0.270 e. The molecule has 1 amide bonds. The Balaban J connectivity index is 1.49. The van der Waals surface area contributed by atoms with Crippen molar-refractivity contribution in [2.45, 2.75) is 26.4 Å². The number of rotatable bonds is 3. The number of aromatic nitrogens is 1. The summed E-state index contributed by atoms with van der Waals surface area (Å²) in [5.74, 6) is 0.144. The lowest BCUT2D eigenvalue weighted by molar-refractivity contribution is 0.0411. The Kier molecular flexibility index (Phi) is 4.28. The fourth-order valence-corrected chi connectivity index (χ4v) is 3.46. The van der Waals surface area contributed by atoms with Crippen molar-refractivity contribution in [1.82, 2.24) is 14.4 Å². The quantitative estimate of drug-likeness (QED) is 0.851. The van der Waals surface area contributed by atoms with Crippen LogP contribution in [0.4, 0.5) is 0 Å². The van der Waals surface area contributed by atoms with E-state index in [2.05, 4.69) is 18.7 Å². The molecule has 0 aliphatic carbocycles. The predicted molar refractivity (Wildman–Crippen MR) is 85.9 cm³/mol. The maximum absolute atomic E-state index is 12.5. The van der Waals surface area contributed by atoms with Crippen LogP contribution < -0.4 is 0 Å². The highest BCUT2D eigenvalue weighted by atomic mass is 16.5. The Morgan fingerprint density at radius 2 is 2.05 bits per heavy atom. The molecule has 5 nitrogen and oxygen atoms in total. The second kappa shape index (κ2) is 6.05. The molecule has 2 fully saturated rings. The van der Waals surface area contributed by atoms with Crippen LogP contribution in [0.15, 0.2) is 18.3 Å². The zero-order chi connectivity index (χ0) is 15.7. The van der Waals surface area contributed by atoms with E-state index in [-0.39, 0.29) is 5.91 Å². The summed E-state index contributed by atoms with van der Waals surface area (Å²) in [4.78, 5) is 16.9. The number of nitrogens with zero attached hydrogens (tertiary/aromatic N) is 3. The lowest BCUT2D eigenvalue weighted by Crippen LogP contribution is -2.50. The van der Waals surface area contributed by atoms with Gasteiger partial charge in [-0.25, -0.2) is 0 Å². The van der Waals surface area contributed by atoms with E-state index in [9.17, 15) is 4.79 Å². The summed E-state index contributed by atoms with van der Waals surface area (Å²) >= 11 is 0. The standard InChI is InChI=1S/C17H27N3O2/c1-17(2)11-14(22-13-17)12-19-7-9-20(10-8-19)16(21)15-5-4-6-18(15)3/h4-6,14H,7-13H2,1-3H3. The molecule has 3 rings (SSSR count). The van der Waals surface area contributed by atoms with E-state index in [1.54, 1.807) is 0 Å². The van der Waals surface area contributed by atoms with Crippen LogP contribution in [0, 0.1) is 5.41 Å². The van der Waals surface area contributed by atoms with Crippen LogP contribution >= 0.6 is 0 Å². The molecule has 0 saturated carbocycles. The number of amides is 1.